The van der Waals surface area contributed by atoms with Crippen molar-refractivity contribution in [1.29, 1.82) is 0 Å². The quantitative estimate of drug-likeness (QED) is 0.651. The van der Waals surface area contributed by atoms with Gasteiger partial charge in [-0.15, -0.1) is 0 Å². The van der Waals surface area contributed by atoms with E-state index in [2.05, 4.69) is 32.3 Å². The molecule has 7 nitrogen and oxygen atoms in total. The van der Waals surface area contributed by atoms with Gasteiger partial charge in [-0.3, -0.25) is 4.90 Å². The minimum Gasteiger partial charge on any atom is -0.339 e. The van der Waals surface area contributed by atoms with E-state index in [1.54, 1.807) is 0 Å². The fourth-order valence-electron chi connectivity index (χ4n) is 4.87. The van der Waals surface area contributed by atoms with Crippen LogP contribution in [-0.2, 0) is 24.8 Å². The van der Waals surface area contributed by atoms with Crippen LogP contribution in [0.4, 0.5) is 0 Å². The van der Waals surface area contributed by atoms with Crippen LogP contribution in [0.2, 0.25) is 0 Å². The number of rotatable bonds is 6. The molecule has 0 unspecified atom stereocenters. The Kier molecular flexibility index (Phi) is 4.47. The van der Waals surface area contributed by atoms with Gasteiger partial charge < -0.3 is 9.05 Å². The molecular weight excluding hydrogens is 354 g/mol. The van der Waals surface area contributed by atoms with Crippen LogP contribution in [0.15, 0.2) is 39.4 Å². The fourth-order valence-corrected chi connectivity index (χ4v) is 4.87. The van der Waals surface area contributed by atoms with E-state index in [0.717, 1.165) is 43.5 Å². The first-order valence-electron chi connectivity index (χ1n) is 10.2. The maximum Gasteiger partial charge on any atom is 0.234 e. The monoisotopic (exact) mass is 379 g/mol. The smallest absolute Gasteiger partial charge is 0.234 e. The van der Waals surface area contributed by atoms with E-state index in [-0.39, 0.29) is 5.41 Å². The summed E-state index contributed by atoms with van der Waals surface area (Å²) < 4.78 is 11.1. The van der Waals surface area contributed by atoms with E-state index in [1.165, 1.54) is 18.4 Å². The zero-order valence-corrected chi connectivity index (χ0v) is 16.2. The molecule has 2 fully saturated rings. The first-order valence-corrected chi connectivity index (χ1v) is 10.2. The SMILES string of the molecule is CCc1nc(CN2C[C@H]3CCC[C@@]3(c3nc(Cc4ccccc4)no3)C2)no1. The lowest BCUT2D eigenvalue weighted by Crippen LogP contribution is -2.32. The van der Waals surface area contributed by atoms with Crippen molar-refractivity contribution in [1.82, 2.24) is 25.2 Å². The Morgan fingerprint density at radius 2 is 1.96 bits per heavy atom. The maximum absolute atomic E-state index is 5.81. The Labute approximate surface area is 164 Å². The van der Waals surface area contributed by atoms with Crippen LogP contribution in [0.1, 0.15) is 55.2 Å². The molecule has 3 heterocycles. The average Bonchev–Trinajstić information content (AvgIpc) is 3.46. The van der Waals surface area contributed by atoms with Gasteiger partial charge in [0.25, 0.3) is 0 Å². The van der Waals surface area contributed by atoms with Gasteiger partial charge in [-0.05, 0) is 24.3 Å². The highest BCUT2D eigenvalue weighted by atomic mass is 16.5. The largest absolute Gasteiger partial charge is 0.339 e. The van der Waals surface area contributed by atoms with Crippen LogP contribution in [0.5, 0.6) is 0 Å². The molecule has 146 valence electrons. The zero-order valence-electron chi connectivity index (χ0n) is 16.2. The molecule has 3 aromatic rings. The first kappa shape index (κ1) is 17.6. The van der Waals surface area contributed by atoms with Crippen LogP contribution >= 0.6 is 0 Å². The topological polar surface area (TPSA) is 81.1 Å². The highest BCUT2D eigenvalue weighted by Gasteiger charge is 2.54. The van der Waals surface area contributed by atoms with Crippen molar-refractivity contribution in [3.63, 3.8) is 0 Å². The molecule has 1 aliphatic carbocycles. The number of hydrogen-bond donors (Lipinski definition) is 0. The van der Waals surface area contributed by atoms with Gasteiger partial charge in [0.2, 0.25) is 11.8 Å². The molecule has 28 heavy (non-hydrogen) atoms. The fraction of sp³-hybridized carbons (Fsp3) is 0.524. The lowest BCUT2D eigenvalue weighted by molar-refractivity contribution is 0.241. The normalized spacial score (nSPS) is 24.7. The van der Waals surface area contributed by atoms with Gasteiger partial charge in [0.1, 0.15) is 0 Å². The lowest BCUT2D eigenvalue weighted by atomic mass is 9.80. The molecule has 1 aliphatic heterocycles. The van der Waals surface area contributed by atoms with Gasteiger partial charge in [0.05, 0.1) is 12.0 Å². The molecule has 5 rings (SSSR count). The molecule has 0 N–H and O–H groups in total. The summed E-state index contributed by atoms with van der Waals surface area (Å²) in [7, 11) is 0. The summed E-state index contributed by atoms with van der Waals surface area (Å²) in [6.45, 7) is 4.68. The number of aryl methyl sites for hydroxylation is 1. The summed E-state index contributed by atoms with van der Waals surface area (Å²) in [5, 5.41) is 8.40. The van der Waals surface area contributed by atoms with Gasteiger partial charge in [-0.25, -0.2) is 0 Å². The van der Waals surface area contributed by atoms with Crippen molar-refractivity contribution in [2.24, 2.45) is 5.92 Å². The van der Waals surface area contributed by atoms with E-state index in [1.807, 2.05) is 25.1 Å². The van der Waals surface area contributed by atoms with E-state index in [9.17, 15) is 0 Å². The maximum atomic E-state index is 5.81. The highest BCUT2D eigenvalue weighted by molar-refractivity contribution is 5.21. The Bertz CT molecular complexity index is 937. The van der Waals surface area contributed by atoms with Gasteiger partial charge in [0.15, 0.2) is 11.6 Å². The Morgan fingerprint density at radius 3 is 2.79 bits per heavy atom. The van der Waals surface area contributed by atoms with Gasteiger partial charge in [0, 0.05) is 25.9 Å². The van der Waals surface area contributed by atoms with Crippen molar-refractivity contribution in [2.45, 2.75) is 51.0 Å². The minimum atomic E-state index is -0.0285. The van der Waals surface area contributed by atoms with Crippen molar-refractivity contribution in [2.75, 3.05) is 13.1 Å². The summed E-state index contributed by atoms with van der Waals surface area (Å²) in [4.78, 5) is 11.7. The lowest BCUT2D eigenvalue weighted by Gasteiger charge is -2.24. The van der Waals surface area contributed by atoms with Gasteiger partial charge in [-0.1, -0.05) is 54.0 Å². The highest BCUT2D eigenvalue weighted by Crippen LogP contribution is 2.50. The predicted molar refractivity (Wildman–Crippen MR) is 102 cm³/mol. The number of benzene rings is 1. The standard InChI is InChI=1S/C21H25N5O2/c1-2-19-22-18(25-27-19)13-26-12-16-9-6-10-21(16,14-26)20-23-17(24-28-20)11-15-7-4-3-5-8-15/h3-5,7-8,16H,2,6,9-14H2,1H3/t16-,21-/m1/s1. The second kappa shape index (κ2) is 7.13. The van der Waals surface area contributed by atoms with E-state index < -0.39 is 0 Å². The Morgan fingerprint density at radius 1 is 1.11 bits per heavy atom. The van der Waals surface area contributed by atoms with Crippen LogP contribution in [0, 0.1) is 5.92 Å². The van der Waals surface area contributed by atoms with Crippen LogP contribution in [-0.4, -0.2) is 38.3 Å². The molecular formula is C21H25N5O2. The predicted octanol–water partition coefficient (Wildman–Crippen LogP) is 3.16. The van der Waals surface area contributed by atoms with E-state index in [0.29, 0.717) is 24.8 Å². The number of nitrogens with zero attached hydrogens (tertiary/aromatic N) is 5. The van der Waals surface area contributed by atoms with E-state index in [4.69, 9.17) is 14.0 Å². The molecule has 0 bridgehead atoms. The summed E-state index contributed by atoms with van der Waals surface area (Å²) in [5.74, 6) is 3.60. The molecule has 1 saturated heterocycles. The summed E-state index contributed by atoms with van der Waals surface area (Å²) in [6, 6.07) is 10.3. The number of hydrogen-bond acceptors (Lipinski definition) is 7. The van der Waals surface area contributed by atoms with Crippen molar-refractivity contribution >= 4 is 0 Å². The van der Waals surface area contributed by atoms with E-state index >= 15 is 0 Å². The third kappa shape index (κ3) is 3.13. The molecule has 0 spiro atoms. The van der Waals surface area contributed by atoms with Crippen LogP contribution in [0.25, 0.3) is 0 Å². The summed E-state index contributed by atoms with van der Waals surface area (Å²) in [6.07, 6.45) is 5.01. The molecule has 2 atom stereocenters. The molecule has 2 aromatic heterocycles. The zero-order chi connectivity index (χ0) is 19.0. The number of aromatic nitrogens is 4. The third-order valence-corrected chi connectivity index (χ3v) is 6.22. The summed E-state index contributed by atoms with van der Waals surface area (Å²) in [5.41, 5.74) is 1.17. The van der Waals surface area contributed by atoms with Crippen LogP contribution < -0.4 is 0 Å². The minimum absolute atomic E-state index is 0.0285. The molecule has 0 amide bonds. The Hall–Kier alpha value is -2.54. The number of likely N-dealkylation sites (tertiary alicyclic amines) is 1. The average molecular weight is 379 g/mol. The molecule has 2 aliphatic rings. The molecule has 0 radical (unpaired) electrons. The number of fused-ring (bicyclic) bond motifs is 1. The molecule has 1 aromatic carbocycles. The molecule has 1 saturated carbocycles. The van der Waals surface area contributed by atoms with Gasteiger partial charge >= 0.3 is 0 Å². The first-order chi connectivity index (χ1) is 13.7. The summed E-state index contributed by atoms with van der Waals surface area (Å²) >= 11 is 0. The third-order valence-electron chi connectivity index (χ3n) is 6.22. The molecule has 7 heteroatoms. The van der Waals surface area contributed by atoms with Crippen molar-refractivity contribution in [3.05, 3.63) is 59.3 Å². The van der Waals surface area contributed by atoms with Crippen LogP contribution in [0.3, 0.4) is 0 Å². The second-order valence-electron chi connectivity index (χ2n) is 8.05. The van der Waals surface area contributed by atoms with Crippen molar-refractivity contribution < 1.29 is 9.05 Å². The van der Waals surface area contributed by atoms with Crippen molar-refractivity contribution in [3.8, 4) is 0 Å². The second-order valence-corrected chi connectivity index (χ2v) is 8.05. The Balaban J connectivity index is 1.33. The van der Waals surface area contributed by atoms with Gasteiger partial charge in [-0.2, -0.15) is 9.97 Å².